The highest BCUT2D eigenvalue weighted by molar-refractivity contribution is 7.80. The van der Waals surface area contributed by atoms with Crippen molar-refractivity contribution < 1.29 is 14.5 Å². The van der Waals surface area contributed by atoms with Gasteiger partial charge in [0.15, 0.2) is 0 Å². The number of hydrogen-bond acceptors (Lipinski definition) is 6. The quantitative estimate of drug-likeness (QED) is 0.384. The second kappa shape index (κ2) is 5.32. The molecule has 0 N–H and O–H groups in total. The maximum absolute atomic E-state index is 11.5. The summed E-state index contributed by atoms with van der Waals surface area (Å²) in [6.45, 7) is 1.67. The fraction of sp³-hybridized carbons (Fsp3) is 0.200. The minimum Gasteiger partial charge on any atom is -0.462 e. The number of nitrogens with zero attached hydrogens (tertiary/aromatic N) is 2. The van der Waals surface area contributed by atoms with Gasteiger partial charge in [-0.2, -0.15) is 5.26 Å². The van der Waals surface area contributed by atoms with Crippen LogP contribution in [-0.2, 0) is 4.74 Å². The molecular formula is C10H8N2O4S. The van der Waals surface area contributed by atoms with E-state index in [9.17, 15) is 14.9 Å². The molecule has 1 aromatic rings. The van der Waals surface area contributed by atoms with Gasteiger partial charge in [-0.25, -0.2) is 4.79 Å². The van der Waals surface area contributed by atoms with Gasteiger partial charge >= 0.3 is 5.97 Å². The van der Waals surface area contributed by atoms with Crippen molar-refractivity contribution in [3.05, 3.63) is 33.4 Å². The first-order valence-corrected chi connectivity index (χ1v) is 5.04. The molecule has 0 aromatic heterocycles. The van der Waals surface area contributed by atoms with Gasteiger partial charge in [0.2, 0.25) is 0 Å². The molecule has 1 aromatic carbocycles. The molecule has 0 aliphatic rings. The van der Waals surface area contributed by atoms with Crippen LogP contribution in [0.1, 0.15) is 22.8 Å². The van der Waals surface area contributed by atoms with Gasteiger partial charge in [0.05, 0.1) is 28.1 Å². The second-order valence-electron chi connectivity index (χ2n) is 2.98. The Morgan fingerprint density at radius 2 is 2.29 bits per heavy atom. The standard InChI is InChI=1S/C10H8N2O4S/c1-2-16-10(13)7-3-6(5-11)4-8(17)9(7)12(14)15/h3-4,17H,2H2,1H3. The van der Waals surface area contributed by atoms with Gasteiger partial charge in [0, 0.05) is 0 Å². The van der Waals surface area contributed by atoms with Crippen molar-refractivity contribution in [3.63, 3.8) is 0 Å². The summed E-state index contributed by atoms with van der Waals surface area (Å²) in [5, 5.41) is 19.5. The number of ether oxygens (including phenoxy) is 1. The molecular weight excluding hydrogens is 244 g/mol. The van der Waals surface area contributed by atoms with Crippen molar-refractivity contribution in [1.29, 1.82) is 5.26 Å². The zero-order chi connectivity index (χ0) is 13.0. The van der Waals surface area contributed by atoms with E-state index in [2.05, 4.69) is 17.4 Å². The van der Waals surface area contributed by atoms with Crippen LogP contribution in [0, 0.1) is 21.4 Å². The van der Waals surface area contributed by atoms with E-state index in [-0.39, 0.29) is 22.6 Å². The molecule has 0 unspecified atom stereocenters. The molecule has 17 heavy (non-hydrogen) atoms. The first-order chi connectivity index (χ1) is 8.01. The van der Waals surface area contributed by atoms with Gasteiger partial charge in [-0.1, -0.05) is 0 Å². The number of carbonyl (C=O) groups is 1. The van der Waals surface area contributed by atoms with Crippen LogP contribution < -0.4 is 0 Å². The van der Waals surface area contributed by atoms with E-state index in [1.165, 1.54) is 6.07 Å². The van der Waals surface area contributed by atoms with Crippen LogP contribution in [0.3, 0.4) is 0 Å². The normalized spacial score (nSPS) is 9.47. The summed E-state index contributed by atoms with van der Waals surface area (Å²) in [5.74, 6) is -0.841. The molecule has 0 saturated carbocycles. The van der Waals surface area contributed by atoms with E-state index >= 15 is 0 Å². The zero-order valence-corrected chi connectivity index (χ0v) is 9.73. The van der Waals surface area contributed by atoms with Crippen LogP contribution >= 0.6 is 12.6 Å². The molecule has 1 rings (SSSR count). The third kappa shape index (κ3) is 2.73. The number of benzene rings is 1. The average molecular weight is 252 g/mol. The highest BCUT2D eigenvalue weighted by atomic mass is 32.1. The fourth-order valence-electron chi connectivity index (χ4n) is 1.24. The molecule has 0 fully saturated rings. The maximum Gasteiger partial charge on any atom is 0.345 e. The molecule has 88 valence electrons. The lowest BCUT2D eigenvalue weighted by atomic mass is 10.1. The molecule has 0 atom stereocenters. The minimum absolute atomic E-state index is 0.0443. The molecule has 7 heteroatoms. The molecule has 6 nitrogen and oxygen atoms in total. The molecule has 0 bridgehead atoms. The van der Waals surface area contributed by atoms with Gasteiger partial charge in [0.25, 0.3) is 5.69 Å². The summed E-state index contributed by atoms with van der Waals surface area (Å²) in [5.41, 5.74) is -0.602. The Labute approximate surface area is 102 Å². The lowest BCUT2D eigenvalue weighted by Gasteiger charge is -2.05. The number of hydrogen-bond donors (Lipinski definition) is 1. The fourth-order valence-corrected chi connectivity index (χ4v) is 1.58. The molecule has 0 heterocycles. The number of esters is 1. The second-order valence-corrected chi connectivity index (χ2v) is 3.46. The van der Waals surface area contributed by atoms with Crippen molar-refractivity contribution in [2.45, 2.75) is 11.8 Å². The summed E-state index contributed by atoms with van der Waals surface area (Å²) >= 11 is 3.89. The number of thiol groups is 1. The number of rotatable bonds is 3. The lowest BCUT2D eigenvalue weighted by Crippen LogP contribution is -2.09. The van der Waals surface area contributed by atoms with E-state index < -0.39 is 16.6 Å². The Hall–Kier alpha value is -2.07. The Balaban J connectivity index is 3.44. The van der Waals surface area contributed by atoms with E-state index in [0.29, 0.717) is 0 Å². The Morgan fingerprint density at radius 1 is 1.65 bits per heavy atom. The predicted molar refractivity (Wildman–Crippen MR) is 61.0 cm³/mol. The van der Waals surface area contributed by atoms with Crippen molar-refractivity contribution in [2.24, 2.45) is 0 Å². The third-order valence-corrected chi connectivity index (χ3v) is 2.24. The largest absolute Gasteiger partial charge is 0.462 e. The van der Waals surface area contributed by atoms with Gasteiger partial charge in [-0.05, 0) is 19.1 Å². The average Bonchev–Trinajstić information content (AvgIpc) is 2.27. The number of nitro benzene ring substituents is 1. The van der Waals surface area contributed by atoms with Gasteiger partial charge < -0.3 is 4.74 Å². The topological polar surface area (TPSA) is 93.2 Å². The van der Waals surface area contributed by atoms with Gasteiger partial charge in [-0.15, -0.1) is 12.6 Å². The van der Waals surface area contributed by atoms with Crippen LogP contribution in [0.15, 0.2) is 17.0 Å². The third-order valence-electron chi connectivity index (χ3n) is 1.90. The summed E-state index contributed by atoms with van der Waals surface area (Å²) in [6.07, 6.45) is 0. The van der Waals surface area contributed by atoms with E-state index in [1.54, 1.807) is 13.0 Å². The molecule has 0 amide bonds. The van der Waals surface area contributed by atoms with Crippen LogP contribution in [0.25, 0.3) is 0 Å². The van der Waals surface area contributed by atoms with Crippen LogP contribution in [0.4, 0.5) is 5.69 Å². The van der Waals surface area contributed by atoms with Crippen molar-refractivity contribution in [3.8, 4) is 6.07 Å². The first-order valence-electron chi connectivity index (χ1n) is 4.59. The monoisotopic (exact) mass is 252 g/mol. The predicted octanol–water partition coefficient (Wildman–Crippen LogP) is 1.93. The number of carbonyl (C=O) groups excluding carboxylic acids is 1. The highest BCUT2D eigenvalue weighted by Gasteiger charge is 2.25. The molecule has 0 aliphatic heterocycles. The van der Waals surface area contributed by atoms with E-state index in [4.69, 9.17) is 5.26 Å². The van der Waals surface area contributed by atoms with Gasteiger partial charge in [-0.3, -0.25) is 10.1 Å². The number of nitro groups is 1. The highest BCUT2D eigenvalue weighted by Crippen LogP contribution is 2.29. The molecule has 0 spiro atoms. The van der Waals surface area contributed by atoms with Crippen molar-refractivity contribution in [2.75, 3.05) is 6.61 Å². The first kappa shape index (κ1) is 13.0. The summed E-state index contributed by atoms with van der Waals surface area (Å²) in [7, 11) is 0. The van der Waals surface area contributed by atoms with Crippen molar-refractivity contribution >= 4 is 24.3 Å². The summed E-state index contributed by atoms with van der Waals surface area (Å²) in [4.78, 5) is 21.6. The Bertz CT molecular complexity index is 522. The van der Waals surface area contributed by atoms with E-state index in [1.807, 2.05) is 0 Å². The van der Waals surface area contributed by atoms with Crippen molar-refractivity contribution in [1.82, 2.24) is 0 Å². The molecule has 0 aliphatic carbocycles. The van der Waals surface area contributed by atoms with Crippen LogP contribution in [0.2, 0.25) is 0 Å². The molecule has 0 radical (unpaired) electrons. The molecule has 0 saturated heterocycles. The summed E-state index contributed by atoms with van der Waals surface area (Å²) in [6, 6.07) is 4.14. The zero-order valence-electron chi connectivity index (χ0n) is 8.84. The number of nitriles is 1. The lowest BCUT2D eigenvalue weighted by molar-refractivity contribution is -0.388. The summed E-state index contributed by atoms with van der Waals surface area (Å²) < 4.78 is 4.69. The van der Waals surface area contributed by atoms with Crippen LogP contribution in [0.5, 0.6) is 0 Å². The van der Waals surface area contributed by atoms with E-state index in [0.717, 1.165) is 6.07 Å². The SMILES string of the molecule is CCOC(=O)c1cc(C#N)cc(S)c1[N+](=O)[O-]. The minimum atomic E-state index is -0.841. The Morgan fingerprint density at radius 3 is 2.76 bits per heavy atom. The maximum atomic E-state index is 11.5. The smallest absolute Gasteiger partial charge is 0.345 e. The van der Waals surface area contributed by atoms with Crippen LogP contribution in [-0.4, -0.2) is 17.5 Å². The van der Waals surface area contributed by atoms with Gasteiger partial charge in [0.1, 0.15) is 5.56 Å². The Kier molecular flexibility index (Phi) is 4.06.